The fraction of sp³-hybridized carbons (Fsp3) is 0.300. The number of aromatic carboxylic acids is 1. The van der Waals surface area contributed by atoms with Gasteiger partial charge in [0.2, 0.25) is 0 Å². The van der Waals surface area contributed by atoms with E-state index in [2.05, 4.69) is 0 Å². The van der Waals surface area contributed by atoms with Gasteiger partial charge < -0.3 is 14.6 Å². The smallest absolute Gasteiger partial charge is 0.339 e. The molecule has 1 aromatic carbocycles. The van der Waals surface area contributed by atoms with E-state index in [0.717, 1.165) is 12.1 Å². The Hall–Kier alpha value is -1.62. The molecule has 0 saturated heterocycles. The van der Waals surface area contributed by atoms with Gasteiger partial charge in [-0.25, -0.2) is 9.18 Å². The predicted molar refractivity (Wildman–Crippen MR) is 50.7 cm³/mol. The van der Waals surface area contributed by atoms with Crippen LogP contribution in [0.25, 0.3) is 0 Å². The van der Waals surface area contributed by atoms with Crippen LogP contribution in [-0.4, -0.2) is 31.4 Å². The van der Waals surface area contributed by atoms with Crippen LogP contribution in [0.5, 0.6) is 5.75 Å². The summed E-state index contributed by atoms with van der Waals surface area (Å²) in [5, 5.41) is 8.77. The Morgan fingerprint density at radius 2 is 2.20 bits per heavy atom. The minimum absolute atomic E-state index is 0.140. The third kappa shape index (κ3) is 3.21. The fourth-order valence-corrected chi connectivity index (χ4v) is 1.03. The van der Waals surface area contributed by atoms with Crippen LogP contribution in [0, 0.1) is 5.82 Å². The second kappa shape index (κ2) is 5.31. The lowest BCUT2D eigenvalue weighted by Gasteiger charge is -2.08. The molecule has 1 rings (SSSR count). The lowest BCUT2D eigenvalue weighted by molar-refractivity contribution is 0.0689. The number of methoxy groups -OCH3 is 1. The summed E-state index contributed by atoms with van der Waals surface area (Å²) < 4.78 is 22.6. The van der Waals surface area contributed by atoms with Gasteiger partial charge >= 0.3 is 5.97 Å². The molecule has 0 fully saturated rings. The highest BCUT2D eigenvalue weighted by Crippen LogP contribution is 2.19. The summed E-state index contributed by atoms with van der Waals surface area (Å²) in [6.07, 6.45) is 0. The summed E-state index contributed by atoms with van der Waals surface area (Å²) in [6.45, 7) is 0.568. The number of hydrogen-bond donors (Lipinski definition) is 1. The van der Waals surface area contributed by atoms with E-state index in [4.69, 9.17) is 14.6 Å². The van der Waals surface area contributed by atoms with Crippen molar-refractivity contribution in [2.45, 2.75) is 0 Å². The molecule has 1 aromatic rings. The summed E-state index contributed by atoms with van der Waals surface area (Å²) in [5.41, 5.74) is -0.189. The van der Waals surface area contributed by atoms with Crippen molar-refractivity contribution in [3.8, 4) is 5.75 Å². The van der Waals surface area contributed by atoms with Gasteiger partial charge in [-0.15, -0.1) is 0 Å². The maximum absolute atomic E-state index is 12.8. The zero-order valence-corrected chi connectivity index (χ0v) is 8.20. The van der Waals surface area contributed by atoms with E-state index in [-0.39, 0.29) is 17.9 Å². The van der Waals surface area contributed by atoms with Crippen LogP contribution >= 0.6 is 0 Å². The second-order valence-electron chi connectivity index (χ2n) is 2.79. The SMILES string of the molecule is COCCOc1ccc(F)cc1C(=O)O. The molecule has 0 spiro atoms. The van der Waals surface area contributed by atoms with Crippen LogP contribution in [-0.2, 0) is 4.74 Å². The van der Waals surface area contributed by atoms with E-state index in [1.807, 2.05) is 0 Å². The van der Waals surface area contributed by atoms with E-state index in [1.165, 1.54) is 13.2 Å². The van der Waals surface area contributed by atoms with Crippen LogP contribution in [0.4, 0.5) is 4.39 Å². The first kappa shape index (κ1) is 11.5. The molecule has 82 valence electrons. The third-order valence-corrected chi connectivity index (χ3v) is 1.72. The standard InChI is InChI=1S/C10H11FO4/c1-14-4-5-15-9-3-2-7(11)6-8(9)10(12)13/h2-3,6H,4-5H2,1H3,(H,12,13). The van der Waals surface area contributed by atoms with E-state index in [1.54, 1.807) is 0 Å². The first-order valence-corrected chi connectivity index (χ1v) is 4.29. The molecule has 0 aliphatic rings. The van der Waals surface area contributed by atoms with Gasteiger partial charge in [0.25, 0.3) is 0 Å². The number of rotatable bonds is 5. The van der Waals surface area contributed by atoms with Crippen molar-refractivity contribution < 1.29 is 23.8 Å². The van der Waals surface area contributed by atoms with Crippen molar-refractivity contribution in [2.24, 2.45) is 0 Å². The van der Waals surface area contributed by atoms with Gasteiger partial charge in [-0.1, -0.05) is 0 Å². The van der Waals surface area contributed by atoms with Gasteiger partial charge in [0.1, 0.15) is 23.7 Å². The van der Waals surface area contributed by atoms with Gasteiger partial charge in [0.15, 0.2) is 0 Å². The lowest BCUT2D eigenvalue weighted by Crippen LogP contribution is -2.08. The summed E-state index contributed by atoms with van der Waals surface area (Å²) in [6, 6.07) is 3.35. The quantitative estimate of drug-likeness (QED) is 0.755. The van der Waals surface area contributed by atoms with E-state index >= 15 is 0 Å². The molecule has 0 aliphatic carbocycles. The molecule has 0 atom stereocenters. The molecule has 0 aliphatic heterocycles. The Balaban J connectivity index is 2.81. The average Bonchev–Trinajstić information content (AvgIpc) is 2.20. The monoisotopic (exact) mass is 214 g/mol. The van der Waals surface area contributed by atoms with Gasteiger partial charge in [-0.3, -0.25) is 0 Å². The minimum Gasteiger partial charge on any atom is -0.490 e. The molecular weight excluding hydrogens is 203 g/mol. The Morgan fingerprint density at radius 3 is 2.80 bits per heavy atom. The molecule has 0 aromatic heterocycles. The molecule has 0 radical (unpaired) electrons. The van der Waals surface area contributed by atoms with Crippen molar-refractivity contribution >= 4 is 5.97 Å². The molecule has 0 saturated carbocycles. The Labute approximate surface area is 86.2 Å². The molecule has 5 heteroatoms. The topological polar surface area (TPSA) is 55.8 Å². The maximum Gasteiger partial charge on any atom is 0.339 e. The predicted octanol–water partition coefficient (Wildman–Crippen LogP) is 1.55. The number of ether oxygens (including phenoxy) is 2. The van der Waals surface area contributed by atoms with Gasteiger partial charge in [-0.2, -0.15) is 0 Å². The van der Waals surface area contributed by atoms with Crippen molar-refractivity contribution in [3.63, 3.8) is 0 Å². The van der Waals surface area contributed by atoms with Gasteiger partial charge in [0, 0.05) is 7.11 Å². The second-order valence-corrected chi connectivity index (χ2v) is 2.79. The summed E-state index contributed by atoms with van der Waals surface area (Å²) in [5.74, 6) is -1.69. The number of carboxylic acids is 1. The molecule has 4 nitrogen and oxygen atoms in total. The van der Waals surface area contributed by atoms with Crippen LogP contribution in [0.1, 0.15) is 10.4 Å². The molecule has 0 heterocycles. The molecule has 1 N–H and O–H groups in total. The van der Waals surface area contributed by atoms with E-state index in [0.29, 0.717) is 6.61 Å². The number of carbonyl (C=O) groups is 1. The molecule has 15 heavy (non-hydrogen) atoms. The highest BCUT2D eigenvalue weighted by atomic mass is 19.1. The van der Waals surface area contributed by atoms with Crippen molar-refractivity contribution in [1.82, 2.24) is 0 Å². The van der Waals surface area contributed by atoms with Gasteiger partial charge in [0.05, 0.1) is 6.61 Å². The zero-order chi connectivity index (χ0) is 11.3. The highest BCUT2D eigenvalue weighted by Gasteiger charge is 2.12. The van der Waals surface area contributed by atoms with Gasteiger partial charge in [-0.05, 0) is 18.2 Å². The first-order valence-electron chi connectivity index (χ1n) is 4.29. The van der Waals surface area contributed by atoms with Crippen LogP contribution in [0.15, 0.2) is 18.2 Å². The number of hydrogen-bond acceptors (Lipinski definition) is 3. The van der Waals surface area contributed by atoms with Crippen molar-refractivity contribution in [3.05, 3.63) is 29.6 Å². The molecule has 0 unspecified atom stereocenters. The number of carboxylic acid groups (broad SMARTS) is 1. The zero-order valence-electron chi connectivity index (χ0n) is 8.20. The van der Waals surface area contributed by atoms with Crippen molar-refractivity contribution in [2.75, 3.05) is 20.3 Å². The molecular formula is C10H11FO4. The average molecular weight is 214 g/mol. The number of halogens is 1. The Morgan fingerprint density at radius 1 is 1.47 bits per heavy atom. The van der Waals surface area contributed by atoms with Crippen LogP contribution in [0.2, 0.25) is 0 Å². The first-order chi connectivity index (χ1) is 7.15. The highest BCUT2D eigenvalue weighted by molar-refractivity contribution is 5.90. The van der Waals surface area contributed by atoms with E-state index in [9.17, 15) is 9.18 Å². The Kier molecular flexibility index (Phi) is 4.05. The summed E-state index contributed by atoms with van der Waals surface area (Å²) >= 11 is 0. The minimum atomic E-state index is -1.22. The lowest BCUT2D eigenvalue weighted by atomic mass is 10.2. The molecule has 0 amide bonds. The summed E-state index contributed by atoms with van der Waals surface area (Å²) in [7, 11) is 1.51. The summed E-state index contributed by atoms with van der Waals surface area (Å²) in [4.78, 5) is 10.7. The fourth-order valence-electron chi connectivity index (χ4n) is 1.03. The molecule has 0 bridgehead atoms. The Bertz CT molecular complexity index is 351. The van der Waals surface area contributed by atoms with Crippen LogP contribution in [0.3, 0.4) is 0 Å². The normalized spacial score (nSPS) is 10.0. The third-order valence-electron chi connectivity index (χ3n) is 1.72. The number of benzene rings is 1. The van der Waals surface area contributed by atoms with Crippen molar-refractivity contribution in [1.29, 1.82) is 0 Å². The van der Waals surface area contributed by atoms with Crippen LogP contribution < -0.4 is 4.74 Å². The van der Waals surface area contributed by atoms with E-state index < -0.39 is 11.8 Å². The largest absolute Gasteiger partial charge is 0.490 e. The maximum atomic E-state index is 12.8.